The van der Waals surface area contributed by atoms with Gasteiger partial charge in [0, 0.05) is 6.42 Å². The summed E-state index contributed by atoms with van der Waals surface area (Å²) in [5.74, 6) is 4.51. The molecule has 0 spiro atoms. The van der Waals surface area contributed by atoms with E-state index < -0.39 is 0 Å². The first kappa shape index (κ1) is 24.2. The largest absolute Gasteiger partial charge is 0.373 e. The van der Waals surface area contributed by atoms with Crippen LogP contribution in [0.25, 0.3) is 0 Å². The van der Waals surface area contributed by atoms with Gasteiger partial charge in [0.15, 0.2) is 0 Å². The maximum Gasteiger partial charge on any atom is 0.324 e. The molecule has 0 saturated heterocycles. The highest BCUT2D eigenvalue weighted by molar-refractivity contribution is 5.68. The predicted molar refractivity (Wildman–Crippen MR) is 108 cm³/mol. The van der Waals surface area contributed by atoms with Crippen molar-refractivity contribution in [2.45, 2.75) is 122 Å². The highest BCUT2D eigenvalue weighted by atomic mass is 16.7. The molecule has 3 nitrogen and oxygen atoms in total. The Hall–Kier alpha value is -0.830. The van der Waals surface area contributed by atoms with Crippen LogP contribution < -0.4 is 5.90 Å². The van der Waals surface area contributed by atoms with E-state index in [9.17, 15) is 4.79 Å². The lowest BCUT2D eigenvalue weighted by molar-refractivity contribution is -0.144. The van der Waals surface area contributed by atoms with E-state index in [2.05, 4.69) is 23.9 Å². The van der Waals surface area contributed by atoms with E-state index in [1.165, 1.54) is 96.3 Å². The topological polar surface area (TPSA) is 52.3 Å². The van der Waals surface area contributed by atoms with E-state index in [-0.39, 0.29) is 5.97 Å². The van der Waals surface area contributed by atoms with E-state index in [1.807, 2.05) is 0 Å². The monoisotopic (exact) mass is 353 g/mol. The summed E-state index contributed by atoms with van der Waals surface area (Å²) in [6, 6.07) is 0. The standard InChI is InChI=1S/C22H43NO2/c1-2-3-4-5-6-7-8-9-10-11-12-13-14-15-16-17-18-19-20-21-22(24)25-23/h9-10H,2-8,11-21,23H2,1H3/b10-9-. The van der Waals surface area contributed by atoms with Gasteiger partial charge in [-0.3, -0.25) is 4.79 Å². The van der Waals surface area contributed by atoms with Crippen molar-refractivity contribution in [3.8, 4) is 0 Å². The lowest BCUT2D eigenvalue weighted by Gasteiger charge is -2.02. The molecule has 25 heavy (non-hydrogen) atoms. The zero-order chi connectivity index (χ0) is 18.4. The number of carbonyl (C=O) groups excluding carboxylic acids is 1. The van der Waals surface area contributed by atoms with Crippen molar-refractivity contribution >= 4 is 5.97 Å². The minimum Gasteiger partial charge on any atom is -0.373 e. The van der Waals surface area contributed by atoms with Gasteiger partial charge in [0.2, 0.25) is 0 Å². The van der Waals surface area contributed by atoms with Crippen molar-refractivity contribution in [1.82, 2.24) is 0 Å². The molecule has 0 radical (unpaired) electrons. The second-order valence-corrected chi connectivity index (χ2v) is 7.24. The summed E-state index contributed by atoms with van der Waals surface area (Å²) in [6.45, 7) is 2.27. The summed E-state index contributed by atoms with van der Waals surface area (Å²) in [5.41, 5.74) is 0. The van der Waals surface area contributed by atoms with Gasteiger partial charge in [-0.25, -0.2) is 0 Å². The van der Waals surface area contributed by atoms with Crippen LogP contribution in [0.5, 0.6) is 0 Å². The SMILES string of the molecule is CCCCCCCC/C=C\CCCCCCCCCCCC(=O)ON. The fourth-order valence-corrected chi connectivity index (χ4v) is 3.11. The number of hydrogen-bond donors (Lipinski definition) is 1. The highest BCUT2D eigenvalue weighted by Gasteiger charge is 1.99. The van der Waals surface area contributed by atoms with Crippen LogP contribution in [0, 0.1) is 0 Å². The summed E-state index contributed by atoms with van der Waals surface area (Å²) in [4.78, 5) is 15.0. The molecule has 0 fully saturated rings. The third-order valence-electron chi connectivity index (χ3n) is 4.77. The van der Waals surface area contributed by atoms with Gasteiger partial charge in [-0.1, -0.05) is 96.1 Å². The second kappa shape index (κ2) is 21.2. The van der Waals surface area contributed by atoms with Crippen LogP contribution in [0.15, 0.2) is 12.2 Å². The van der Waals surface area contributed by atoms with E-state index in [0.717, 1.165) is 12.8 Å². The van der Waals surface area contributed by atoms with Crippen LogP contribution >= 0.6 is 0 Å². The molecular formula is C22H43NO2. The molecule has 0 aromatic rings. The Morgan fingerprint density at radius 2 is 1.08 bits per heavy atom. The number of allylic oxidation sites excluding steroid dienone is 2. The van der Waals surface area contributed by atoms with Crippen molar-refractivity contribution < 1.29 is 9.63 Å². The molecule has 0 aliphatic heterocycles. The maximum absolute atomic E-state index is 10.8. The first-order valence-electron chi connectivity index (χ1n) is 10.9. The van der Waals surface area contributed by atoms with Crippen LogP contribution in [-0.4, -0.2) is 5.97 Å². The normalized spacial score (nSPS) is 11.3. The lowest BCUT2D eigenvalue weighted by Crippen LogP contribution is -2.08. The van der Waals surface area contributed by atoms with Gasteiger partial charge in [-0.2, -0.15) is 5.90 Å². The fourth-order valence-electron chi connectivity index (χ4n) is 3.11. The first-order chi connectivity index (χ1) is 12.3. The van der Waals surface area contributed by atoms with E-state index in [0.29, 0.717) is 6.42 Å². The molecule has 0 unspecified atom stereocenters. The molecule has 2 N–H and O–H groups in total. The molecule has 0 heterocycles. The Labute approximate surface area is 156 Å². The van der Waals surface area contributed by atoms with Gasteiger partial charge in [0.05, 0.1) is 0 Å². The van der Waals surface area contributed by atoms with Crippen LogP contribution in [-0.2, 0) is 9.63 Å². The smallest absolute Gasteiger partial charge is 0.324 e. The minimum atomic E-state index is -0.291. The first-order valence-corrected chi connectivity index (χ1v) is 10.9. The molecule has 3 heteroatoms. The van der Waals surface area contributed by atoms with Gasteiger partial charge in [-0.05, 0) is 32.1 Å². The average Bonchev–Trinajstić information content (AvgIpc) is 2.63. The average molecular weight is 354 g/mol. The fraction of sp³-hybridized carbons (Fsp3) is 0.864. The van der Waals surface area contributed by atoms with Crippen LogP contribution in [0.3, 0.4) is 0 Å². The summed E-state index contributed by atoms with van der Waals surface area (Å²) in [6.07, 6.45) is 27.4. The Morgan fingerprint density at radius 3 is 1.52 bits per heavy atom. The van der Waals surface area contributed by atoms with Gasteiger partial charge < -0.3 is 4.84 Å². The number of carbonyl (C=O) groups is 1. The summed E-state index contributed by atoms with van der Waals surface area (Å²) in [5, 5.41) is 0. The van der Waals surface area contributed by atoms with Crippen molar-refractivity contribution in [2.75, 3.05) is 0 Å². The summed E-state index contributed by atoms with van der Waals surface area (Å²) >= 11 is 0. The third kappa shape index (κ3) is 21.1. The Balaban J connectivity index is 3.08. The summed E-state index contributed by atoms with van der Waals surface area (Å²) in [7, 11) is 0. The molecule has 0 saturated carbocycles. The molecule has 148 valence electrons. The Bertz CT molecular complexity index is 302. The van der Waals surface area contributed by atoms with Gasteiger partial charge in [0.25, 0.3) is 0 Å². The lowest BCUT2D eigenvalue weighted by atomic mass is 10.1. The van der Waals surface area contributed by atoms with Crippen molar-refractivity contribution in [3.05, 3.63) is 12.2 Å². The van der Waals surface area contributed by atoms with E-state index in [4.69, 9.17) is 5.90 Å². The molecule has 0 amide bonds. The van der Waals surface area contributed by atoms with Crippen LogP contribution in [0.4, 0.5) is 0 Å². The molecule has 0 aliphatic rings. The van der Waals surface area contributed by atoms with Gasteiger partial charge in [-0.15, -0.1) is 0 Å². The minimum absolute atomic E-state index is 0.291. The van der Waals surface area contributed by atoms with Crippen LogP contribution in [0.1, 0.15) is 122 Å². The predicted octanol–water partition coefficient (Wildman–Crippen LogP) is 7.00. The second-order valence-electron chi connectivity index (χ2n) is 7.24. The highest BCUT2D eigenvalue weighted by Crippen LogP contribution is 2.12. The number of hydrogen-bond acceptors (Lipinski definition) is 3. The van der Waals surface area contributed by atoms with E-state index >= 15 is 0 Å². The van der Waals surface area contributed by atoms with Crippen molar-refractivity contribution in [1.29, 1.82) is 0 Å². The molecule has 0 bridgehead atoms. The van der Waals surface area contributed by atoms with Gasteiger partial charge >= 0.3 is 5.97 Å². The van der Waals surface area contributed by atoms with Crippen LogP contribution in [0.2, 0.25) is 0 Å². The molecule has 0 aromatic carbocycles. The van der Waals surface area contributed by atoms with E-state index in [1.54, 1.807) is 0 Å². The molecule has 0 aliphatic carbocycles. The molecular weight excluding hydrogens is 310 g/mol. The number of nitrogens with two attached hydrogens (primary N) is 1. The van der Waals surface area contributed by atoms with Gasteiger partial charge in [0.1, 0.15) is 0 Å². The third-order valence-corrected chi connectivity index (χ3v) is 4.77. The molecule has 0 aromatic heterocycles. The Morgan fingerprint density at radius 1 is 0.680 bits per heavy atom. The van der Waals surface area contributed by atoms with Crippen molar-refractivity contribution in [2.24, 2.45) is 5.90 Å². The Kier molecular flexibility index (Phi) is 20.5. The zero-order valence-electron chi connectivity index (χ0n) is 16.8. The quantitative estimate of drug-likeness (QED) is 0.154. The molecule has 0 atom stereocenters. The molecule has 0 rings (SSSR count). The zero-order valence-corrected chi connectivity index (χ0v) is 16.8. The summed E-state index contributed by atoms with van der Waals surface area (Å²) < 4.78 is 0. The number of unbranched alkanes of at least 4 members (excludes halogenated alkanes) is 15. The maximum atomic E-state index is 10.8. The van der Waals surface area contributed by atoms with Crippen molar-refractivity contribution in [3.63, 3.8) is 0 Å². The number of rotatable bonds is 19.